The highest BCUT2D eigenvalue weighted by molar-refractivity contribution is 5.71. The summed E-state index contributed by atoms with van der Waals surface area (Å²) in [5.74, 6) is -0.573. The molecule has 2 aliphatic heterocycles. The van der Waals surface area contributed by atoms with Crippen molar-refractivity contribution in [1.29, 1.82) is 0 Å². The molecule has 5 unspecified atom stereocenters. The normalized spacial score (nSPS) is 56.5. The third-order valence-corrected chi connectivity index (χ3v) is 6.67. The Morgan fingerprint density at radius 3 is 2.35 bits per heavy atom. The van der Waals surface area contributed by atoms with Gasteiger partial charge >= 0.3 is 18.1 Å². The zero-order chi connectivity index (χ0) is 14.0. The molecule has 6 fully saturated rings. The topological polar surface area (TPSA) is 71.1 Å². The lowest BCUT2D eigenvalue weighted by Crippen LogP contribution is -2.85. The van der Waals surface area contributed by atoms with E-state index in [1.807, 2.05) is 6.92 Å². The van der Waals surface area contributed by atoms with Crippen molar-refractivity contribution in [3.05, 3.63) is 0 Å². The molecular formula is C14H16O6. The molecule has 6 nitrogen and oxygen atoms in total. The summed E-state index contributed by atoms with van der Waals surface area (Å²) in [6.07, 6.45) is 2.09. The minimum absolute atomic E-state index is 0.0836. The van der Waals surface area contributed by atoms with Gasteiger partial charge in [-0.25, -0.2) is 9.59 Å². The predicted molar refractivity (Wildman–Crippen MR) is 62.6 cm³/mol. The summed E-state index contributed by atoms with van der Waals surface area (Å²) in [6.45, 7) is 4.06. The number of carbonyl (C=O) groups is 2. The molecule has 0 radical (unpaired) electrons. The lowest BCUT2D eigenvalue weighted by molar-refractivity contribution is -0.437. The highest BCUT2D eigenvalue weighted by Gasteiger charge is 2.90. The number of rotatable bonds is 0. The van der Waals surface area contributed by atoms with Crippen LogP contribution in [0.5, 0.6) is 0 Å². The first-order valence-electron chi connectivity index (χ1n) is 7.18. The van der Waals surface area contributed by atoms with E-state index in [9.17, 15) is 9.59 Å². The van der Waals surface area contributed by atoms with E-state index in [1.54, 1.807) is 0 Å². The van der Waals surface area contributed by atoms with Gasteiger partial charge in [0.15, 0.2) is 5.60 Å². The molecular weight excluding hydrogens is 264 g/mol. The van der Waals surface area contributed by atoms with Crippen LogP contribution in [0.15, 0.2) is 0 Å². The molecule has 0 aromatic carbocycles. The number of hydrogen-bond donors (Lipinski definition) is 0. The highest BCUT2D eigenvalue weighted by atomic mass is 16.9. The highest BCUT2D eigenvalue weighted by Crippen LogP contribution is 2.75. The van der Waals surface area contributed by atoms with Crippen LogP contribution in [0.1, 0.15) is 39.5 Å². The molecule has 20 heavy (non-hydrogen) atoms. The molecule has 2 saturated heterocycles. The van der Waals surface area contributed by atoms with E-state index >= 15 is 0 Å². The van der Waals surface area contributed by atoms with E-state index < -0.39 is 29.3 Å². The zero-order valence-electron chi connectivity index (χ0n) is 11.4. The lowest BCUT2D eigenvalue weighted by atomic mass is 9.40. The quantitative estimate of drug-likeness (QED) is 0.634. The van der Waals surface area contributed by atoms with E-state index in [-0.39, 0.29) is 11.3 Å². The molecule has 6 aliphatic rings. The first-order chi connectivity index (χ1) is 9.34. The van der Waals surface area contributed by atoms with Crippen LogP contribution < -0.4 is 0 Å². The SMILES string of the molecule is CC12CC3CC(C1)C1(OC(=O)O1)C1(C3)OC(=O)OC21C. The van der Waals surface area contributed by atoms with Crippen molar-refractivity contribution in [1.82, 2.24) is 0 Å². The van der Waals surface area contributed by atoms with Gasteiger partial charge in [0.1, 0.15) is 0 Å². The maximum Gasteiger partial charge on any atom is 0.515 e. The number of ether oxygens (including phenoxy) is 4. The first-order valence-corrected chi connectivity index (χ1v) is 7.18. The van der Waals surface area contributed by atoms with Gasteiger partial charge in [-0.3, -0.25) is 0 Å². The maximum atomic E-state index is 11.9. The second kappa shape index (κ2) is 2.65. The van der Waals surface area contributed by atoms with Crippen LogP contribution in [0.4, 0.5) is 9.59 Å². The smallest absolute Gasteiger partial charge is 0.423 e. The van der Waals surface area contributed by atoms with Crippen LogP contribution in [0.3, 0.4) is 0 Å². The molecule has 2 heterocycles. The fourth-order valence-corrected chi connectivity index (χ4v) is 5.89. The second-order valence-electron chi connectivity index (χ2n) is 7.41. The van der Waals surface area contributed by atoms with Crippen molar-refractivity contribution in [2.75, 3.05) is 0 Å². The van der Waals surface area contributed by atoms with Gasteiger partial charge in [0.25, 0.3) is 0 Å². The van der Waals surface area contributed by atoms with Crippen LogP contribution in [-0.4, -0.2) is 29.3 Å². The van der Waals surface area contributed by atoms with Gasteiger partial charge in [-0.1, -0.05) is 6.92 Å². The third-order valence-electron chi connectivity index (χ3n) is 6.67. The summed E-state index contributed by atoms with van der Waals surface area (Å²) in [5.41, 5.74) is -1.93. The summed E-state index contributed by atoms with van der Waals surface area (Å²) in [5, 5.41) is 0. The van der Waals surface area contributed by atoms with Gasteiger partial charge in [-0.15, -0.1) is 0 Å². The molecule has 4 bridgehead atoms. The summed E-state index contributed by atoms with van der Waals surface area (Å²) in [6, 6.07) is 0. The standard InChI is InChI=1S/C14H16O6/c1-11-4-7-3-8(6-11)14(19-10(16)20-14)13(5-7)12(11,2)17-9(15)18-13/h7-8H,3-6H2,1-2H3. The van der Waals surface area contributed by atoms with Gasteiger partial charge in [-0.05, 0) is 32.1 Å². The minimum Gasteiger partial charge on any atom is -0.423 e. The molecule has 0 aromatic heterocycles. The Morgan fingerprint density at radius 2 is 1.65 bits per heavy atom. The van der Waals surface area contributed by atoms with Crippen LogP contribution >= 0.6 is 0 Å². The Kier molecular flexibility index (Phi) is 1.49. The lowest BCUT2D eigenvalue weighted by Gasteiger charge is -2.71. The average Bonchev–Trinajstić information content (AvgIpc) is 2.56. The third kappa shape index (κ3) is 0.803. The molecule has 0 amide bonds. The Labute approximate surface area is 115 Å². The Morgan fingerprint density at radius 1 is 0.950 bits per heavy atom. The fraction of sp³-hybridized carbons (Fsp3) is 0.857. The zero-order valence-corrected chi connectivity index (χ0v) is 11.4. The van der Waals surface area contributed by atoms with Crippen molar-refractivity contribution < 1.29 is 28.5 Å². The van der Waals surface area contributed by atoms with Crippen molar-refractivity contribution in [2.24, 2.45) is 17.3 Å². The van der Waals surface area contributed by atoms with Crippen molar-refractivity contribution >= 4 is 12.3 Å². The van der Waals surface area contributed by atoms with Crippen LogP contribution in [0.2, 0.25) is 0 Å². The molecule has 4 aliphatic carbocycles. The first kappa shape index (κ1) is 11.2. The molecule has 108 valence electrons. The molecule has 4 saturated carbocycles. The summed E-state index contributed by atoms with van der Waals surface area (Å²) in [7, 11) is 0. The fourth-order valence-electron chi connectivity index (χ4n) is 5.89. The Balaban J connectivity index is 1.76. The van der Waals surface area contributed by atoms with Gasteiger partial charge in [0.05, 0.1) is 0 Å². The van der Waals surface area contributed by atoms with Crippen LogP contribution in [0.25, 0.3) is 0 Å². The Hall–Kier alpha value is -1.46. The molecule has 6 heteroatoms. The van der Waals surface area contributed by atoms with E-state index in [2.05, 4.69) is 6.92 Å². The van der Waals surface area contributed by atoms with E-state index in [1.165, 1.54) is 0 Å². The summed E-state index contributed by atoms with van der Waals surface area (Å²) < 4.78 is 22.1. The van der Waals surface area contributed by atoms with Crippen molar-refractivity contribution in [2.45, 2.75) is 56.5 Å². The van der Waals surface area contributed by atoms with Gasteiger partial charge in [-0.2, -0.15) is 0 Å². The average molecular weight is 280 g/mol. The monoisotopic (exact) mass is 280 g/mol. The maximum absolute atomic E-state index is 11.9. The Bertz CT molecular complexity index is 564. The molecule has 0 N–H and O–H groups in total. The van der Waals surface area contributed by atoms with E-state index in [0.717, 1.165) is 19.3 Å². The molecule has 6 rings (SSSR count). The van der Waals surface area contributed by atoms with Crippen LogP contribution in [-0.2, 0) is 18.9 Å². The van der Waals surface area contributed by atoms with Crippen LogP contribution in [0, 0.1) is 17.3 Å². The van der Waals surface area contributed by atoms with Crippen molar-refractivity contribution in [3.8, 4) is 0 Å². The minimum atomic E-state index is -1.12. The number of hydrogen-bond acceptors (Lipinski definition) is 6. The van der Waals surface area contributed by atoms with Gasteiger partial charge < -0.3 is 18.9 Å². The molecule has 2 spiro atoms. The van der Waals surface area contributed by atoms with Gasteiger partial charge in [0, 0.05) is 17.8 Å². The summed E-state index contributed by atoms with van der Waals surface area (Å²) in [4.78, 5) is 23.2. The van der Waals surface area contributed by atoms with Crippen molar-refractivity contribution in [3.63, 3.8) is 0 Å². The molecule has 5 atom stereocenters. The van der Waals surface area contributed by atoms with E-state index in [4.69, 9.17) is 18.9 Å². The summed E-state index contributed by atoms with van der Waals surface area (Å²) >= 11 is 0. The predicted octanol–water partition coefficient (Wildman–Crippen LogP) is 2.35. The largest absolute Gasteiger partial charge is 0.515 e. The molecule has 0 aromatic rings. The van der Waals surface area contributed by atoms with E-state index in [0.29, 0.717) is 12.3 Å². The van der Waals surface area contributed by atoms with Gasteiger partial charge in [0.2, 0.25) is 5.60 Å². The number of carbonyl (C=O) groups excluding carboxylic acids is 2. The second-order valence-corrected chi connectivity index (χ2v) is 7.41.